The SMILES string of the molecule is O=C(O)c1cccc2cnn(CCO)c(=O)c12. The molecule has 2 rings (SSSR count). The Morgan fingerprint density at radius 3 is 2.82 bits per heavy atom. The molecule has 0 saturated carbocycles. The molecule has 0 aliphatic rings. The van der Waals surface area contributed by atoms with Gasteiger partial charge in [0.05, 0.1) is 30.3 Å². The third-order valence-corrected chi connectivity index (χ3v) is 2.42. The lowest BCUT2D eigenvalue weighted by atomic mass is 10.1. The maximum atomic E-state index is 12.0. The van der Waals surface area contributed by atoms with Gasteiger partial charge in [-0.1, -0.05) is 12.1 Å². The summed E-state index contributed by atoms with van der Waals surface area (Å²) >= 11 is 0. The molecule has 0 saturated heterocycles. The van der Waals surface area contributed by atoms with Crippen LogP contribution in [0.25, 0.3) is 10.8 Å². The van der Waals surface area contributed by atoms with Crippen molar-refractivity contribution < 1.29 is 15.0 Å². The molecule has 1 aromatic heterocycles. The summed E-state index contributed by atoms with van der Waals surface area (Å²) < 4.78 is 1.05. The summed E-state index contributed by atoms with van der Waals surface area (Å²) in [6, 6.07) is 4.55. The second-order valence-corrected chi connectivity index (χ2v) is 3.47. The molecule has 0 bridgehead atoms. The molecule has 0 radical (unpaired) electrons. The average Bonchev–Trinajstić information content (AvgIpc) is 2.32. The molecule has 88 valence electrons. The van der Waals surface area contributed by atoms with Crippen molar-refractivity contribution in [2.24, 2.45) is 0 Å². The van der Waals surface area contributed by atoms with E-state index in [0.717, 1.165) is 4.68 Å². The minimum atomic E-state index is -1.16. The molecule has 1 heterocycles. The minimum absolute atomic E-state index is 0.0444. The fraction of sp³-hybridized carbons (Fsp3) is 0.182. The number of benzene rings is 1. The van der Waals surface area contributed by atoms with Crippen molar-refractivity contribution in [3.63, 3.8) is 0 Å². The first-order chi connectivity index (χ1) is 8.15. The Kier molecular flexibility index (Phi) is 2.88. The van der Waals surface area contributed by atoms with Gasteiger partial charge >= 0.3 is 5.97 Å². The Hall–Kier alpha value is -2.21. The number of hydrogen-bond acceptors (Lipinski definition) is 4. The number of aromatic carboxylic acids is 1. The first-order valence-corrected chi connectivity index (χ1v) is 4.98. The van der Waals surface area contributed by atoms with Crippen LogP contribution in [0, 0.1) is 0 Å². The van der Waals surface area contributed by atoms with E-state index in [9.17, 15) is 9.59 Å². The predicted octanol–water partition coefficient (Wildman–Crippen LogP) is 0.0870. The van der Waals surface area contributed by atoms with Crippen LogP contribution in [0.4, 0.5) is 0 Å². The van der Waals surface area contributed by atoms with E-state index in [0.29, 0.717) is 5.39 Å². The van der Waals surface area contributed by atoms with Crippen molar-refractivity contribution in [1.82, 2.24) is 9.78 Å². The van der Waals surface area contributed by atoms with E-state index < -0.39 is 11.5 Å². The van der Waals surface area contributed by atoms with Gasteiger partial charge in [-0.2, -0.15) is 5.10 Å². The smallest absolute Gasteiger partial charge is 0.336 e. The summed E-state index contributed by atoms with van der Waals surface area (Å²) in [5, 5.41) is 22.2. The lowest BCUT2D eigenvalue weighted by Gasteiger charge is -2.05. The molecule has 2 aromatic rings. The summed E-state index contributed by atoms with van der Waals surface area (Å²) in [6.45, 7) is -0.184. The van der Waals surface area contributed by atoms with E-state index in [4.69, 9.17) is 10.2 Å². The number of aliphatic hydroxyl groups excluding tert-OH is 1. The van der Waals surface area contributed by atoms with Crippen LogP contribution >= 0.6 is 0 Å². The number of rotatable bonds is 3. The molecule has 6 heteroatoms. The molecule has 1 aromatic carbocycles. The first-order valence-electron chi connectivity index (χ1n) is 4.98. The number of aliphatic hydroxyl groups is 1. The van der Waals surface area contributed by atoms with Crippen LogP contribution in [-0.2, 0) is 6.54 Å². The molecule has 0 atom stereocenters. The monoisotopic (exact) mass is 234 g/mol. The number of hydrogen-bond donors (Lipinski definition) is 2. The zero-order valence-corrected chi connectivity index (χ0v) is 8.83. The molecule has 0 amide bonds. The number of carboxylic acid groups (broad SMARTS) is 1. The molecule has 17 heavy (non-hydrogen) atoms. The highest BCUT2D eigenvalue weighted by atomic mass is 16.4. The fourth-order valence-corrected chi connectivity index (χ4v) is 1.66. The van der Waals surface area contributed by atoms with Gasteiger partial charge in [0.25, 0.3) is 5.56 Å². The quantitative estimate of drug-likeness (QED) is 0.785. The van der Waals surface area contributed by atoms with Crippen LogP contribution in [0.3, 0.4) is 0 Å². The lowest BCUT2D eigenvalue weighted by Crippen LogP contribution is -2.25. The lowest BCUT2D eigenvalue weighted by molar-refractivity contribution is 0.0699. The number of nitrogens with zero attached hydrogens (tertiary/aromatic N) is 2. The highest BCUT2D eigenvalue weighted by molar-refractivity contribution is 6.02. The topological polar surface area (TPSA) is 92.4 Å². The van der Waals surface area contributed by atoms with Crippen molar-refractivity contribution in [1.29, 1.82) is 0 Å². The second kappa shape index (κ2) is 4.34. The Morgan fingerprint density at radius 2 is 2.18 bits per heavy atom. The van der Waals surface area contributed by atoms with Gasteiger partial charge < -0.3 is 10.2 Å². The van der Waals surface area contributed by atoms with Gasteiger partial charge in [0, 0.05) is 5.39 Å². The van der Waals surface area contributed by atoms with E-state index in [1.165, 1.54) is 12.3 Å². The summed E-state index contributed by atoms with van der Waals surface area (Å²) in [5.41, 5.74) is -0.559. The van der Waals surface area contributed by atoms with Crippen LogP contribution in [-0.4, -0.2) is 32.6 Å². The minimum Gasteiger partial charge on any atom is -0.478 e. The van der Waals surface area contributed by atoms with Gasteiger partial charge in [-0.25, -0.2) is 9.48 Å². The molecule has 0 fully saturated rings. The van der Waals surface area contributed by atoms with E-state index in [1.807, 2.05) is 0 Å². The fourth-order valence-electron chi connectivity index (χ4n) is 1.66. The average molecular weight is 234 g/mol. The normalized spacial score (nSPS) is 10.6. The number of aromatic nitrogens is 2. The largest absolute Gasteiger partial charge is 0.478 e. The summed E-state index contributed by atoms with van der Waals surface area (Å²) in [5.74, 6) is -1.16. The van der Waals surface area contributed by atoms with Gasteiger partial charge in [0.2, 0.25) is 0 Å². The zero-order valence-electron chi connectivity index (χ0n) is 8.83. The van der Waals surface area contributed by atoms with E-state index in [2.05, 4.69) is 5.10 Å². The molecular weight excluding hydrogens is 224 g/mol. The van der Waals surface area contributed by atoms with Crippen LogP contribution < -0.4 is 5.56 Å². The van der Waals surface area contributed by atoms with Crippen LogP contribution in [0.5, 0.6) is 0 Å². The summed E-state index contributed by atoms with van der Waals surface area (Å²) in [6.07, 6.45) is 1.42. The van der Waals surface area contributed by atoms with E-state index in [1.54, 1.807) is 12.1 Å². The van der Waals surface area contributed by atoms with Gasteiger partial charge in [-0.05, 0) is 6.07 Å². The van der Waals surface area contributed by atoms with E-state index >= 15 is 0 Å². The molecule has 0 spiro atoms. The standard InChI is InChI=1S/C11H10N2O4/c14-5-4-13-10(15)9-7(6-12-13)2-1-3-8(9)11(16)17/h1-3,6,14H,4-5H2,(H,16,17). The van der Waals surface area contributed by atoms with Crippen molar-refractivity contribution in [2.45, 2.75) is 6.54 Å². The van der Waals surface area contributed by atoms with Crippen molar-refractivity contribution in [3.8, 4) is 0 Å². The van der Waals surface area contributed by atoms with E-state index in [-0.39, 0.29) is 24.1 Å². The molecule has 0 aliphatic carbocycles. The highest BCUT2D eigenvalue weighted by Crippen LogP contribution is 2.13. The maximum absolute atomic E-state index is 12.0. The molecule has 0 unspecified atom stereocenters. The number of carbonyl (C=O) groups is 1. The van der Waals surface area contributed by atoms with Crippen molar-refractivity contribution >= 4 is 16.7 Å². The van der Waals surface area contributed by atoms with Crippen LogP contribution in [0.1, 0.15) is 10.4 Å². The molecular formula is C11H10N2O4. The van der Waals surface area contributed by atoms with Crippen LogP contribution in [0.15, 0.2) is 29.2 Å². The van der Waals surface area contributed by atoms with Gasteiger partial charge in [-0.3, -0.25) is 4.79 Å². The third-order valence-electron chi connectivity index (χ3n) is 2.42. The third kappa shape index (κ3) is 1.90. The van der Waals surface area contributed by atoms with Crippen LogP contribution in [0.2, 0.25) is 0 Å². The second-order valence-electron chi connectivity index (χ2n) is 3.47. The van der Waals surface area contributed by atoms with Gasteiger partial charge in [0.15, 0.2) is 0 Å². The van der Waals surface area contributed by atoms with Gasteiger partial charge in [0.1, 0.15) is 0 Å². The number of fused-ring (bicyclic) bond motifs is 1. The first kappa shape index (κ1) is 11.3. The van der Waals surface area contributed by atoms with Crippen molar-refractivity contribution in [2.75, 3.05) is 6.61 Å². The zero-order chi connectivity index (χ0) is 12.4. The highest BCUT2D eigenvalue weighted by Gasteiger charge is 2.13. The Labute approximate surface area is 95.7 Å². The number of carboxylic acids is 1. The molecule has 0 aliphatic heterocycles. The molecule has 2 N–H and O–H groups in total. The van der Waals surface area contributed by atoms with Crippen molar-refractivity contribution in [3.05, 3.63) is 40.3 Å². The predicted molar refractivity (Wildman–Crippen MR) is 60.0 cm³/mol. The Balaban J connectivity index is 2.82. The summed E-state index contributed by atoms with van der Waals surface area (Å²) in [7, 11) is 0. The maximum Gasteiger partial charge on any atom is 0.336 e. The summed E-state index contributed by atoms with van der Waals surface area (Å²) in [4.78, 5) is 23.0. The molecule has 6 nitrogen and oxygen atoms in total. The van der Waals surface area contributed by atoms with Gasteiger partial charge in [-0.15, -0.1) is 0 Å². The Morgan fingerprint density at radius 1 is 1.41 bits per heavy atom. The Bertz CT molecular complexity index is 633.